The minimum atomic E-state index is -3.47. The first-order valence-electron chi connectivity index (χ1n) is 10.1. The monoisotopic (exact) mass is 409 g/mol. The molecule has 8 heteroatoms. The normalized spacial score (nSPS) is 19.9. The number of hydrogen-bond acceptors (Lipinski definition) is 5. The Morgan fingerprint density at radius 2 is 1.61 bits per heavy atom. The summed E-state index contributed by atoms with van der Waals surface area (Å²) in [5.74, 6) is 0.174. The Morgan fingerprint density at radius 3 is 2.18 bits per heavy atom. The van der Waals surface area contributed by atoms with E-state index >= 15 is 0 Å². The van der Waals surface area contributed by atoms with Crippen molar-refractivity contribution < 1.29 is 17.9 Å². The molecule has 0 radical (unpaired) electrons. The molecule has 2 saturated heterocycles. The van der Waals surface area contributed by atoms with Crippen molar-refractivity contribution in [1.29, 1.82) is 0 Å². The summed E-state index contributed by atoms with van der Waals surface area (Å²) in [7, 11) is -3.47. The van der Waals surface area contributed by atoms with Crippen LogP contribution in [0.1, 0.15) is 25.8 Å². The highest BCUT2D eigenvalue weighted by Gasteiger charge is 2.26. The molecule has 0 saturated carbocycles. The van der Waals surface area contributed by atoms with Crippen LogP contribution in [0.4, 0.5) is 0 Å². The summed E-state index contributed by atoms with van der Waals surface area (Å²) in [6.45, 7) is 9.44. The van der Waals surface area contributed by atoms with E-state index in [1.165, 1.54) is 4.31 Å². The van der Waals surface area contributed by atoms with Crippen molar-refractivity contribution in [3.63, 3.8) is 0 Å². The summed E-state index contributed by atoms with van der Waals surface area (Å²) >= 11 is 0. The molecule has 1 aromatic rings. The highest BCUT2D eigenvalue weighted by atomic mass is 32.2. The number of nitrogens with zero attached hydrogens (tertiary/aromatic N) is 3. The molecule has 0 bridgehead atoms. The van der Waals surface area contributed by atoms with E-state index in [4.69, 9.17) is 4.74 Å². The lowest BCUT2D eigenvalue weighted by Gasteiger charge is -2.37. The van der Waals surface area contributed by atoms with Crippen molar-refractivity contribution in [3.05, 3.63) is 29.8 Å². The van der Waals surface area contributed by atoms with Crippen LogP contribution in [0.25, 0.3) is 0 Å². The van der Waals surface area contributed by atoms with Crippen molar-refractivity contribution in [3.8, 4) is 0 Å². The van der Waals surface area contributed by atoms with Gasteiger partial charge in [-0.3, -0.25) is 9.69 Å². The van der Waals surface area contributed by atoms with E-state index in [0.29, 0.717) is 50.1 Å². The number of amides is 1. The van der Waals surface area contributed by atoms with E-state index in [9.17, 15) is 13.2 Å². The third-order valence-electron chi connectivity index (χ3n) is 5.56. The molecule has 2 heterocycles. The zero-order valence-electron chi connectivity index (χ0n) is 16.8. The second-order valence-corrected chi connectivity index (χ2v) is 9.61. The molecule has 28 heavy (non-hydrogen) atoms. The maximum atomic E-state index is 12.7. The van der Waals surface area contributed by atoms with Gasteiger partial charge in [-0.1, -0.05) is 12.1 Å². The summed E-state index contributed by atoms with van der Waals surface area (Å²) < 4.78 is 32.0. The first kappa shape index (κ1) is 21.2. The lowest BCUT2D eigenvalue weighted by atomic mass is 10.1. The number of piperazine rings is 1. The van der Waals surface area contributed by atoms with Crippen LogP contribution in [0, 0.1) is 0 Å². The Balaban J connectivity index is 1.51. The minimum absolute atomic E-state index is 0.174. The fraction of sp³-hybridized carbons (Fsp3) is 0.650. The van der Waals surface area contributed by atoms with Gasteiger partial charge in [0.2, 0.25) is 15.9 Å². The van der Waals surface area contributed by atoms with Gasteiger partial charge in [-0.05, 0) is 38.0 Å². The van der Waals surface area contributed by atoms with Crippen LogP contribution in [-0.4, -0.2) is 87.0 Å². The Bertz CT molecular complexity index is 750. The van der Waals surface area contributed by atoms with Gasteiger partial charge < -0.3 is 9.64 Å². The maximum Gasteiger partial charge on any atom is 0.243 e. The van der Waals surface area contributed by atoms with Crippen LogP contribution in [0.3, 0.4) is 0 Å². The summed E-state index contributed by atoms with van der Waals surface area (Å²) in [6, 6.07) is 7.44. The lowest BCUT2D eigenvalue weighted by Crippen LogP contribution is -2.50. The van der Waals surface area contributed by atoms with Gasteiger partial charge in [-0.2, -0.15) is 4.31 Å². The van der Waals surface area contributed by atoms with Crippen molar-refractivity contribution in [2.45, 2.75) is 37.6 Å². The molecule has 0 aromatic heterocycles. The predicted molar refractivity (Wildman–Crippen MR) is 108 cm³/mol. The van der Waals surface area contributed by atoms with Gasteiger partial charge in [0.1, 0.15) is 0 Å². The molecule has 0 aliphatic carbocycles. The highest BCUT2D eigenvalue weighted by molar-refractivity contribution is 7.89. The number of sulfonamides is 1. The molecular weight excluding hydrogens is 378 g/mol. The van der Waals surface area contributed by atoms with Crippen LogP contribution < -0.4 is 0 Å². The molecule has 0 N–H and O–H groups in total. The van der Waals surface area contributed by atoms with Gasteiger partial charge in [0.25, 0.3) is 0 Å². The fourth-order valence-electron chi connectivity index (χ4n) is 3.66. The Labute approximate surface area is 168 Å². The Morgan fingerprint density at radius 1 is 1.00 bits per heavy atom. The van der Waals surface area contributed by atoms with Gasteiger partial charge in [-0.25, -0.2) is 8.42 Å². The predicted octanol–water partition coefficient (Wildman–Crippen LogP) is 1.19. The first-order chi connectivity index (χ1) is 13.4. The molecule has 156 valence electrons. The second kappa shape index (κ2) is 9.35. The maximum absolute atomic E-state index is 12.7. The molecule has 1 aromatic carbocycles. The molecule has 2 aliphatic heterocycles. The molecule has 0 atom stereocenters. The van der Waals surface area contributed by atoms with Crippen molar-refractivity contribution >= 4 is 15.9 Å². The van der Waals surface area contributed by atoms with E-state index < -0.39 is 10.0 Å². The highest BCUT2D eigenvalue weighted by Crippen LogP contribution is 2.18. The van der Waals surface area contributed by atoms with Gasteiger partial charge >= 0.3 is 0 Å². The molecule has 2 fully saturated rings. The summed E-state index contributed by atoms with van der Waals surface area (Å²) in [4.78, 5) is 17.1. The largest absolute Gasteiger partial charge is 0.379 e. The smallest absolute Gasteiger partial charge is 0.243 e. The number of hydrogen-bond donors (Lipinski definition) is 0. The quantitative estimate of drug-likeness (QED) is 0.706. The van der Waals surface area contributed by atoms with Crippen LogP contribution >= 0.6 is 0 Å². The van der Waals surface area contributed by atoms with E-state index in [1.54, 1.807) is 12.1 Å². The van der Waals surface area contributed by atoms with E-state index in [0.717, 1.165) is 31.7 Å². The molecule has 3 rings (SSSR count). The summed E-state index contributed by atoms with van der Waals surface area (Å²) in [6.07, 6.45) is 1.08. The van der Waals surface area contributed by atoms with Crippen molar-refractivity contribution in [2.24, 2.45) is 0 Å². The van der Waals surface area contributed by atoms with Crippen LogP contribution in [0.5, 0.6) is 0 Å². The van der Waals surface area contributed by atoms with Gasteiger partial charge in [-0.15, -0.1) is 0 Å². The standard InChI is InChI=1S/C20H31N3O4S/c1-17(2)21-9-11-22(12-10-21)20(24)8-5-18-3-6-19(7-4-18)28(25,26)23-13-15-27-16-14-23/h3-4,6-7,17H,5,8-16H2,1-2H3. The van der Waals surface area contributed by atoms with Crippen LogP contribution in [0.2, 0.25) is 0 Å². The number of carbonyl (C=O) groups is 1. The van der Waals surface area contributed by atoms with Crippen molar-refractivity contribution in [1.82, 2.24) is 14.1 Å². The van der Waals surface area contributed by atoms with E-state index in [1.807, 2.05) is 17.0 Å². The molecule has 0 unspecified atom stereocenters. The van der Waals surface area contributed by atoms with Crippen molar-refractivity contribution in [2.75, 3.05) is 52.5 Å². The lowest BCUT2D eigenvalue weighted by molar-refractivity contribution is -0.133. The number of ether oxygens (including phenoxy) is 1. The first-order valence-corrected chi connectivity index (χ1v) is 11.5. The summed E-state index contributed by atoms with van der Waals surface area (Å²) in [5, 5.41) is 0. The Hall–Kier alpha value is -1.48. The number of carbonyl (C=O) groups excluding carboxylic acids is 1. The number of benzene rings is 1. The number of aryl methyl sites for hydroxylation is 1. The second-order valence-electron chi connectivity index (χ2n) is 7.67. The average Bonchev–Trinajstić information content (AvgIpc) is 2.73. The number of rotatable bonds is 6. The minimum Gasteiger partial charge on any atom is -0.379 e. The van der Waals surface area contributed by atoms with Gasteiger partial charge in [0.15, 0.2) is 0 Å². The van der Waals surface area contributed by atoms with Crippen LogP contribution in [0.15, 0.2) is 29.2 Å². The zero-order valence-corrected chi connectivity index (χ0v) is 17.7. The van der Waals surface area contributed by atoms with E-state index in [2.05, 4.69) is 18.7 Å². The van der Waals surface area contributed by atoms with Gasteiger partial charge in [0, 0.05) is 51.7 Å². The zero-order chi connectivity index (χ0) is 20.1. The Kier molecular flexibility index (Phi) is 7.09. The van der Waals surface area contributed by atoms with Crippen LogP contribution in [-0.2, 0) is 26.0 Å². The van der Waals surface area contributed by atoms with E-state index in [-0.39, 0.29) is 5.91 Å². The molecule has 2 aliphatic rings. The molecule has 7 nitrogen and oxygen atoms in total. The SMILES string of the molecule is CC(C)N1CCN(C(=O)CCc2ccc(S(=O)(=O)N3CCOCC3)cc2)CC1. The topological polar surface area (TPSA) is 70.2 Å². The average molecular weight is 410 g/mol. The number of morpholine rings is 1. The van der Waals surface area contributed by atoms with Gasteiger partial charge in [0.05, 0.1) is 18.1 Å². The third-order valence-corrected chi connectivity index (χ3v) is 7.47. The molecular formula is C20H31N3O4S. The molecule has 1 amide bonds. The summed E-state index contributed by atoms with van der Waals surface area (Å²) in [5.41, 5.74) is 0.982. The third kappa shape index (κ3) is 5.11. The fourth-order valence-corrected chi connectivity index (χ4v) is 5.07. The molecule has 0 spiro atoms.